The van der Waals surface area contributed by atoms with E-state index in [1.54, 1.807) is 0 Å². The maximum Gasteiger partial charge on any atom is 0.193 e. The minimum absolute atomic E-state index is 0.478. The molecule has 4 rings (SSSR count). The van der Waals surface area contributed by atoms with Gasteiger partial charge in [-0.1, -0.05) is 6.92 Å². The largest absolute Gasteiger partial charge is 0.356 e. The summed E-state index contributed by atoms with van der Waals surface area (Å²) in [6.45, 7) is 8.06. The molecule has 3 atom stereocenters. The highest BCUT2D eigenvalue weighted by Gasteiger charge is 2.34. The minimum Gasteiger partial charge on any atom is -0.356 e. The van der Waals surface area contributed by atoms with Crippen molar-refractivity contribution < 1.29 is 0 Å². The van der Waals surface area contributed by atoms with Crippen LogP contribution in [0.2, 0.25) is 0 Å². The number of guanidine groups is 1. The SMILES string of the molecule is CN=C(NCC1CCN(C2CC2)C1)N1CCC(C)C(n2ccnc2)C1. The van der Waals surface area contributed by atoms with Crippen molar-refractivity contribution in [3.63, 3.8) is 0 Å². The van der Waals surface area contributed by atoms with Gasteiger partial charge in [0.1, 0.15) is 0 Å². The molecule has 2 aliphatic heterocycles. The maximum atomic E-state index is 4.57. The van der Waals surface area contributed by atoms with Crippen molar-refractivity contribution in [2.75, 3.05) is 39.8 Å². The highest BCUT2D eigenvalue weighted by atomic mass is 15.3. The molecule has 1 N–H and O–H groups in total. The number of nitrogens with one attached hydrogen (secondary N) is 1. The summed E-state index contributed by atoms with van der Waals surface area (Å²) < 4.78 is 2.26. The number of piperidine rings is 1. The molecule has 3 unspecified atom stereocenters. The molecule has 1 aliphatic carbocycles. The normalized spacial score (nSPS) is 31.5. The molecule has 3 fully saturated rings. The van der Waals surface area contributed by atoms with Crippen LogP contribution in [0.15, 0.2) is 23.7 Å². The summed E-state index contributed by atoms with van der Waals surface area (Å²) in [6.07, 6.45) is 11.3. The van der Waals surface area contributed by atoms with Gasteiger partial charge in [-0.05, 0) is 44.1 Å². The van der Waals surface area contributed by atoms with Gasteiger partial charge in [-0.15, -0.1) is 0 Å². The van der Waals surface area contributed by atoms with Crippen molar-refractivity contribution in [2.45, 2.75) is 44.7 Å². The number of aliphatic imine (C=N–C) groups is 1. The van der Waals surface area contributed by atoms with Gasteiger partial charge >= 0.3 is 0 Å². The monoisotopic (exact) mass is 344 g/mol. The zero-order chi connectivity index (χ0) is 17.2. The molecule has 2 saturated heterocycles. The van der Waals surface area contributed by atoms with Crippen molar-refractivity contribution in [3.05, 3.63) is 18.7 Å². The summed E-state index contributed by atoms with van der Waals surface area (Å²) in [5.41, 5.74) is 0. The van der Waals surface area contributed by atoms with Crippen molar-refractivity contribution >= 4 is 5.96 Å². The lowest BCUT2D eigenvalue weighted by atomic mass is 9.93. The van der Waals surface area contributed by atoms with Crippen molar-refractivity contribution in [2.24, 2.45) is 16.8 Å². The molecule has 0 bridgehead atoms. The topological polar surface area (TPSA) is 48.7 Å². The molecule has 3 heterocycles. The molecule has 138 valence electrons. The molecule has 6 heteroatoms. The number of imidazole rings is 1. The fourth-order valence-corrected chi connectivity index (χ4v) is 4.46. The first-order valence-electron chi connectivity index (χ1n) is 9.91. The molecule has 6 nitrogen and oxygen atoms in total. The molecule has 0 radical (unpaired) electrons. The van der Waals surface area contributed by atoms with E-state index in [9.17, 15) is 0 Å². The van der Waals surface area contributed by atoms with Gasteiger partial charge in [-0.25, -0.2) is 4.98 Å². The van der Waals surface area contributed by atoms with E-state index in [0.29, 0.717) is 12.0 Å². The second-order valence-corrected chi connectivity index (χ2v) is 8.10. The van der Waals surface area contributed by atoms with E-state index in [-0.39, 0.29) is 0 Å². The quantitative estimate of drug-likeness (QED) is 0.669. The van der Waals surface area contributed by atoms with Crippen LogP contribution in [-0.4, -0.2) is 71.1 Å². The van der Waals surface area contributed by atoms with Gasteiger partial charge in [0.25, 0.3) is 0 Å². The minimum atomic E-state index is 0.478. The van der Waals surface area contributed by atoms with Gasteiger partial charge in [0.2, 0.25) is 0 Å². The first kappa shape index (κ1) is 16.9. The average Bonchev–Trinajstić information content (AvgIpc) is 3.13. The predicted octanol–water partition coefficient (Wildman–Crippen LogP) is 1.83. The van der Waals surface area contributed by atoms with E-state index in [1.807, 2.05) is 19.6 Å². The molecule has 1 aromatic heterocycles. The third kappa shape index (κ3) is 3.84. The lowest BCUT2D eigenvalue weighted by Crippen LogP contribution is -2.49. The second-order valence-electron chi connectivity index (χ2n) is 8.10. The number of rotatable bonds is 4. The molecular weight excluding hydrogens is 312 g/mol. The van der Waals surface area contributed by atoms with Crippen LogP contribution in [0.1, 0.15) is 38.6 Å². The average molecular weight is 345 g/mol. The van der Waals surface area contributed by atoms with E-state index in [4.69, 9.17) is 0 Å². The summed E-state index contributed by atoms with van der Waals surface area (Å²) in [5, 5.41) is 3.67. The van der Waals surface area contributed by atoms with Crippen LogP contribution in [-0.2, 0) is 0 Å². The third-order valence-electron chi connectivity index (χ3n) is 6.27. The molecule has 25 heavy (non-hydrogen) atoms. The first-order valence-corrected chi connectivity index (χ1v) is 9.91. The second kappa shape index (κ2) is 7.36. The molecule has 1 aromatic rings. The lowest BCUT2D eigenvalue weighted by molar-refractivity contribution is 0.188. The Labute approximate surface area is 151 Å². The Hall–Kier alpha value is -1.56. The smallest absolute Gasteiger partial charge is 0.193 e. The summed E-state index contributed by atoms with van der Waals surface area (Å²) in [5.74, 6) is 2.51. The number of likely N-dealkylation sites (tertiary alicyclic amines) is 2. The highest BCUT2D eigenvalue weighted by molar-refractivity contribution is 5.80. The molecule has 1 saturated carbocycles. The Bertz CT molecular complexity index is 579. The molecular formula is C19H32N6. The Balaban J connectivity index is 1.31. The van der Waals surface area contributed by atoms with E-state index < -0.39 is 0 Å². The summed E-state index contributed by atoms with van der Waals surface area (Å²) in [4.78, 5) is 13.9. The Morgan fingerprint density at radius 1 is 1.20 bits per heavy atom. The van der Waals surface area contributed by atoms with Crippen LogP contribution in [0.4, 0.5) is 0 Å². The highest BCUT2D eigenvalue weighted by Crippen LogP contribution is 2.31. The van der Waals surface area contributed by atoms with E-state index in [0.717, 1.165) is 37.6 Å². The lowest BCUT2D eigenvalue weighted by Gasteiger charge is -2.39. The molecule has 0 amide bonds. The number of hydrogen-bond acceptors (Lipinski definition) is 3. The zero-order valence-electron chi connectivity index (χ0n) is 15.6. The van der Waals surface area contributed by atoms with Gasteiger partial charge < -0.3 is 19.7 Å². The Morgan fingerprint density at radius 3 is 2.80 bits per heavy atom. The van der Waals surface area contributed by atoms with Crippen LogP contribution in [0.3, 0.4) is 0 Å². The third-order valence-corrected chi connectivity index (χ3v) is 6.27. The van der Waals surface area contributed by atoms with E-state index >= 15 is 0 Å². The number of nitrogens with zero attached hydrogens (tertiary/aromatic N) is 5. The van der Waals surface area contributed by atoms with Crippen molar-refractivity contribution in [3.8, 4) is 0 Å². The zero-order valence-corrected chi connectivity index (χ0v) is 15.6. The molecule has 0 spiro atoms. The summed E-state index contributed by atoms with van der Waals surface area (Å²) >= 11 is 0. The number of hydrogen-bond donors (Lipinski definition) is 1. The van der Waals surface area contributed by atoms with Crippen LogP contribution < -0.4 is 5.32 Å². The maximum absolute atomic E-state index is 4.57. The van der Waals surface area contributed by atoms with Gasteiger partial charge in [0.05, 0.1) is 12.4 Å². The van der Waals surface area contributed by atoms with Crippen molar-refractivity contribution in [1.29, 1.82) is 0 Å². The van der Waals surface area contributed by atoms with E-state index in [2.05, 4.69) is 42.8 Å². The van der Waals surface area contributed by atoms with Gasteiger partial charge in [0.15, 0.2) is 5.96 Å². The summed E-state index contributed by atoms with van der Waals surface area (Å²) in [6, 6.07) is 1.38. The van der Waals surface area contributed by atoms with Gasteiger partial charge in [-0.3, -0.25) is 4.99 Å². The first-order chi connectivity index (χ1) is 12.2. The fraction of sp³-hybridized carbons (Fsp3) is 0.789. The fourth-order valence-electron chi connectivity index (χ4n) is 4.46. The molecule has 0 aromatic carbocycles. The summed E-state index contributed by atoms with van der Waals surface area (Å²) in [7, 11) is 1.91. The van der Waals surface area contributed by atoms with Gasteiger partial charge in [0, 0.05) is 51.7 Å². The van der Waals surface area contributed by atoms with E-state index in [1.165, 1.54) is 38.8 Å². The number of aromatic nitrogens is 2. The van der Waals surface area contributed by atoms with Crippen molar-refractivity contribution in [1.82, 2.24) is 24.7 Å². The van der Waals surface area contributed by atoms with Crippen LogP contribution >= 0.6 is 0 Å². The van der Waals surface area contributed by atoms with Crippen LogP contribution in [0.5, 0.6) is 0 Å². The van der Waals surface area contributed by atoms with Gasteiger partial charge in [-0.2, -0.15) is 0 Å². The molecule has 3 aliphatic rings. The Kier molecular flexibility index (Phi) is 4.97. The standard InChI is InChI=1S/C19H32N6/c1-15-5-8-24(13-18(15)25-10-7-21-14-25)19(20-2)22-11-16-6-9-23(12-16)17-3-4-17/h7,10,14-18H,3-6,8-9,11-13H2,1-2H3,(H,20,22). The Morgan fingerprint density at radius 2 is 2.08 bits per heavy atom. The van der Waals surface area contributed by atoms with Crippen LogP contribution in [0.25, 0.3) is 0 Å². The predicted molar refractivity (Wildman–Crippen MR) is 101 cm³/mol. The van der Waals surface area contributed by atoms with Crippen LogP contribution in [0, 0.1) is 11.8 Å².